The highest BCUT2D eigenvalue weighted by atomic mass is 19.1. The van der Waals surface area contributed by atoms with E-state index in [0.29, 0.717) is 18.9 Å². The van der Waals surface area contributed by atoms with Crippen molar-refractivity contribution >= 4 is 11.6 Å². The molecule has 0 saturated carbocycles. The lowest BCUT2D eigenvalue weighted by atomic mass is 10.3. The molecule has 0 aliphatic rings. The fourth-order valence-electron chi connectivity index (χ4n) is 2.44. The van der Waals surface area contributed by atoms with Crippen molar-refractivity contribution in [3.63, 3.8) is 0 Å². The zero-order valence-electron chi connectivity index (χ0n) is 15.2. The van der Waals surface area contributed by atoms with Crippen molar-refractivity contribution in [2.75, 3.05) is 38.7 Å². The van der Waals surface area contributed by atoms with Crippen LogP contribution in [0.3, 0.4) is 0 Å². The average molecular weight is 360 g/mol. The SMILES string of the molecule is CCN(CCCOc1ccc(F)cc1)CC(=O)Nc1ccc(OC)cc1. The minimum absolute atomic E-state index is 0.0588. The van der Waals surface area contributed by atoms with Crippen LogP contribution < -0.4 is 14.8 Å². The predicted molar refractivity (Wildman–Crippen MR) is 100 cm³/mol. The molecule has 0 radical (unpaired) electrons. The number of nitrogens with one attached hydrogen (secondary N) is 1. The Labute approximate surface area is 153 Å². The van der Waals surface area contributed by atoms with Crippen molar-refractivity contribution in [2.45, 2.75) is 13.3 Å². The Hall–Kier alpha value is -2.60. The number of halogens is 1. The molecule has 0 bridgehead atoms. The summed E-state index contributed by atoms with van der Waals surface area (Å²) in [6.07, 6.45) is 0.779. The van der Waals surface area contributed by atoms with Crippen LogP contribution in [0.1, 0.15) is 13.3 Å². The molecule has 0 heterocycles. The Morgan fingerprint density at radius 1 is 1.08 bits per heavy atom. The van der Waals surface area contributed by atoms with E-state index < -0.39 is 0 Å². The van der Waals surface area contributed by atoms with Crippen molar-refractivity contribution in [1.29, 1.82) is 0 Å². The van der Waals surface area contributed by atoms with Gasteiger partial charge in [-0.25, -0.2) is 4.39 Å². The van der Waals surface area contributed by atoms with Crippen LogP contribution in [0.5, 0.6) is 11.5 Å². The van der Waals surface area contributed by atoms with E-state index in [-0.39, 0.29) is 11.7 Å². The number of amides is 1. The molecule has 1 N–H and O–H groups in total. The summed E-state index contributed by atoms with van der Waals surface area (Å²) in [6.45, 7) is 4.36. The van der Waals surface area contributed by atoms with Gasteiger partial charge in [-0.2, -0.15) is 0 Å². The predicted octanol–water partition coefficient (Wildman–Crippen LogP) is 3.56. The van der Waals surface area contributed by atoms with E-state index in [1.54, 1.807) is 31.4 Å². The monoisotopic (exact) mass is 360 g/mol. The van der Waals surface area contributed by atoms with Gasteiger partial charge in [-0.1, -0.05) is 6.92 Å². The van der Waals surface area contributed by atoms with E-state index in [1.807, 2.05) is 24.0 Å². The maximum atomic E-state index is 12.8. The van der Waals surface area contributed by atoms with Crippen LogP contribution >= 0.6 is 0 Å². The number of benzene rings is 2. The number of rotatable bonds is 10. The van der Waals surface area contributed by atoms with Gasteiger partial charge < -0.3 is 14.8 Å². The molecule has 26 heavy (non-hydrogen) atoms. The Kier molecular flexibility index (Phi) is 7.89. The van der Waals surface area contributed by atoms with Gasteiger partial charge in [-0.3, -0.25) is 9.69 Å². The first-order valence-electron chi connectivity index (χ1n) is 8.65. The molecular formula is C20H25FN2O3. The molecule has 140 valence electrons. The van der Waals surface area contributed by atoms with Gasteiger partial charge in [-0.15, -0.1) is 0 Å². The average Bonchev–Trinajstić information content (AvgIpc) is 2.66. The number of methoxy groups -OCH3 is 1. The summed E-state index contributed by atoms with van der Waals surface area (Å²) in [4.78, 5) is 14.2. The molecule has 0 aromatic heterocycles. The third-order valence-electron chi connectivity index (χ3n) is 3.89. The zero-order chi connectivity index (χ0) is 18.8. The van der Waals surface area contributed by atoms with Gasteiger partial charge in [0.2, 0.25) is 5.91 Å². The fraction of sp³-hybridized carbons (Fsp3) is 0.350. The number of hydrogen-bond acceptors (Lipinski definition) is 4. The molecule has 0 aliphatic heterocycles. The summed E-state index contributed by atoms with van der Waals surface area (Å²) in [6, 6.07) is 13.2. The fourth-order valence-corrected chi connectivity index (χ4v) is 2.44. The Morgan fingerprint density at radius 2 is 1.73 bits per heavy atom. The number of hydrogen-bond donors (Lipinski definition) is 1. The molecule has 0 unspecified atom stereocenters. The number of carbonyl (C=O) groups is 1. The first-order chi connectivity index (χ1) is 12.6. The number of likely N-dealkylation sites (N-methyl/N-ethyl adjacent to an activating group) is 1. The first-order valence-corrected chi connectivity index (χ1v) is 8.65. The van der Waals surface area contributed by atoms with Crippen molar-refractivity contribution in [3.05, 3.63) is 54.3 Å². The lowest BCUT2D eigenvalue weighted by molar-refractivity contribution is -0.117. The molecule has 5 nitrogen and oxygen atoms in total. The zero-order valence-corrected chi connectivity index (χ0v) is 15.2. The number of ether oxygens (including phenoxy) is 2. The second-order valence-corrected chi connectivity index (χ2v) is 5.80. The molecule has 0 spiro atoms. The maximum Gasteiger partial charge on any atom is 0.238 e. The van der Waals surface area contributed by atoms with E-state index in [2.05, 4.69) is 5.32 Å². The van der Waals surface area contributed by atoms with Crippen LogP contribution in [-0.2, 0) is 4.79 Å². The standard InChI is InChI=1S/C20H25FN2O3/c1-3-23(13-4-14-26-19-9-5-16(21)6-10-19)15-20(24)22-17-7-11-18(25-2)12-8-17/h5-12H,3-4,13-15H2,1-2H3,(H,22,24). The van der Waals surface area contributed by atoms with Crippen LogP contribution in [0.15, 0.2) is 48.5 Å². The summed E-state index contributed by atoms with van der Waals surface area (Å²) in [5.41, 5.74) is 0.742. The highest BCUT2D eigenvalue weighted by Crippen LogP contribution is 2.15. The quantitative estimate of drug-likeness (QED) is 0.658. The molecule has 2 aromatic rings. The van der Waals surface area contributed by atoms with Crippen LogP contribution in [0.25, 0.3) is 0 Å². The van der Waals surface area contributed by atoms with E-state index in [1.165, 1.54) is 12.1 Å². The van der Waals surface area contributed by atoms with Crippen LogP contribution in [0, 0.1) is 5.82 Å². The van der Waals surface area contributed by atoms with Crippen molar-refractivity contribution in [3.8, 4) is 11.5 Å². The summed E-state index contributed by atoms with van der Waals surface area (Å²) in [5, 5.41) is 2.88. The normalized spacial score (nSPS) is 10.6. The third-order valence-corrected chi connectivity index (χ3v) is 3.89. The minimum atomic E-state index is -0.280. The van der Waals surface area contributed by atoms with Crippen LogP contribution in [-0.4, -0.2) is 44.2 Å². The number of anilines is 1. The smallest absolute Gasteiger partial charge is 0.238 e. The highest BCUT2D eigenvalue weighted by molar-refractivity contribution is 5.92. The third kappa shape index (κ3) is 6.72. The lowest BCUT2D eigenvalue weighted by Gasteiger charge is -2.20. The Morgan fingerprint density at radius 3 is 2.35 bits per heavy atom. The Bertz CT molecular complexity index is 674. The largest absolute Gasteiger partial charge is 0.497 e. The topological polar surface area (TPSA) is 50.8 Å². The summed E-state index contributed by atoms with van der Waals surface area (Å²) >= 11 is 0. The van der Waals surface area contributed by atoms with Gasteiger partial charge in [0, 0.05) is 12.2 Å². The van der Waals surface area contributed by atoms with E-state index in [4.69, 9.17) is 9.47 Å². The molecule has 0 atom stereocenters. The van der Waals surface area contributed by atoms with E-state index in [0.717, 1.165) is 30.9 Å². The maximum absolute atomic E-state index is 12.8. The van der Waals surface area contributed by atoms with E-state index in [9.17, 15) is 9.18 Å². The molecule has 2 aromatic carbocycles. The highest BCUT2D eigenvalue weighted by Gasteiger charge is 2.09. The van der Waals surface area contributed by atoms with Gasteiger partial charge in [-0.05, 0) is 61.5 Å². The number of carbonyl (C=O) groups excluding carboxylic acids is 1. The van der Waals surface area contributed by atoms with Crippen molar-refractivity contribution in [2.24, 2.45) is 0 Å². The van der Waals surface area contributed by atoms with Crippen LogP contribution in [0.2, 0.25) is 0 Å². The Balaban J connectivity index is 1.70. The molecule has 6 heteroatoms. The van der Waals surface area contributed by atoms with Gasteiger partial charge in [0.1, 0.15) is 17.3 Å². The summed E-state index contributed by atoms with van der Waals surface area (Å²) in [7, 11) is 1.60. The van der Waals surface area contributed by atoms with E-state index >= 15 is 0 Å². The van der Waals surface area contributed by atoms with Gasteiger partial charge in [0.25, 0.3) is 0 Å². The summed E-state index contributed by atoms with van der Waals surface area (Å²) < 4.78 is 23.5. The van der Waals surface area contributed by atoms with Gasteiger partial charge in [0.05, 0.1) is 20.3 Å². The van der Waals surface area contributed by atoms with Crippen molar-refractivity contribution in [1.82, 2.24) is 4.90 Å². The minimum Gasteiger partial charge on any atom is -0.497 e. The molecule has 0 saturated heterocycles. The summed E-state index contributed by atoms with van der Waals surface area (Å²) in [5.74, 6) is 1.06. The second-order valence-electron chi connectivity index (χ2n) is 5.80. The van der Waals surface area contributed by atoms with Gasteiger partial charge in [0.15, 0.2) is 0 Å². The molecule has 2 rings (SSSR count). The molecule has 0 fully saturated rings. The molecule has 0 aliphatic carbocycles. The van der Waals surface area contributed by atoms with Gasteiger partial charge >= 0.3 is 0 Å². The second kappa shape index (κ2) is 10.4. The first kappa shape index (κ1) is 19.7. The van der Waals surface area contributed by atoms with Crippen LogP contribution in [0.4, 0.5) is 10.1 Å². The number of nitrogens with zero attached hydrogens (tertiary/aromatic N) is 1. The van der Waals surface area contributed by atoms with Crippen molar-refractivity contribution < 1.29 is 18.7 Å². The lowest BCUT2D eigenvalue weighted by Crippen LogP contribution is -2.34. The molecule has 1 amide bonds. The molecular weight excluding hydrogens is 335 g/mol.